The average Bonchev–Trinajstić information content (AvgIpc) is 3.11. The quantitative estimate of drug-likeness (QED) is 0.880. The molecule has 1 fully saturated rings. The van der Waals surface area contributed by atoms with Crippen LogP contribution in [0.3, 0.4) is 0 Å². The first kappa shape index (κ1) is 12.0. The summed E-state index contributed by atoms with van der Waals surface area (Å²) in [5.41, 5.74) is 0.694. The van der Waals surface area contributed by atoms with Gasteiger partial charge in [0.25, 0.3) is 5.91 Å². The van der Waals surface area contributed by atoms with Crippen LogP contribution in [0.2, 0.25) is 0 Å². The van der Waals surface area contributed by atoms with Crippen molar-refractivity contribution in [2.75, 3.05) is 18.4 Å². The highest BCUT2D eigenvalue weighted by Gasteiger charge is 2.16. The van der Waals surface area contributed by atoms with Crippen molar-refractivity contribution >= 4 is 11.6 Å². The van der Waals surface area contributed by atoms with E-state index in [1.54, 1.807) is 18.3 Å². The zero-order valence-electron chi connectivity index (χ0n) is 10.5. The van der Waals surface area contributed by atoms with Gasteiger partial charge in [-0.3, -0.25) is 9.48 Å². The highest BCUT2D eigenvalue weighted by Crippen LogP contribution is 2.19. The summed E-state index contributed by atoms with van der Waals surface area (Å²) in [4.78, 5) is 11.8. The molecular formula is C13H16N4O2. The van der Waals surface area contributed by atoms with Crippen LogP contribution in [0.15, 0.2) is 35.2 Å². The summed E-state index contributed by atoms with van der Waals surface area (Å²) in [7, 11) is 0. The van der Waals surface area contributed by atoms with E-state index in [-0.39, 0.29) is 5.91 Å². The molecule has 2 aromatic heterocycles. The minimum absolute atomic E-state index is 0.255. The van der Waals surface area contributed by atoms with Crippen molar-refractivity contribution < 1.29 is 9.21 Å². The van der Waals surface area contributed by atoms with Gasteiger partial charge in [0.15, 0.2) is 5.76 Å². The highest BCUT2D eigenvalue weighted by atomic mass is 16.3. The first-order chi connectivity index (χ1) is 9.33. The van der Waals surface area contributed by atoms with Crippen LogP contribution in [-0.2, 0) is 0 Å². The van der Waals surface area contributed by atoms with Crippen molar-refractivity contribution in [1.82, 2.24) is 15.1 Å². The number of hydrogen-bond donors (Lipinski definition) is 2. The van der Waals surface area contributed by atoms with Crippen LogP contribution < -0.4 is 10.6 Å². The molecule has 3 heterocycles. The third-order valence-electron chi connectivity index (χ3n) is 3.29. The standard InChI is InChI=1S/C13H16N4O2/c18-13(12-2-1-7-19-12)16-10-8-15-17(9-10)11-3-5-14-6-4-11/h1-2,7-9,11,14H,3-6H2,(H,16,18). The van der Waals surface area contributed by atoms with E-state index in [1.807, 2.05) is 10.9 Å². The van der Waals surface area contributed by atoms with Crippen LogP contribution in [0.1, 0.15) is 29.4 Å². The lowest BCUT2D eigenvalue weighted by molar-refractivity contribution is 0.0996. The van der Waals surface area contributed by atoms with E-state index in [4.69, 9.17) is 4.42 Å². The third-order valence-corrected chi connectivity index (χ3v) is 3.29. The fraction of sp³-hybridized carbons (Fsp3) is 0.385. The molecule has 2 aromatic rings. The molecule has 100 valence electrons. The number of piperidine rings is 1. The number of nitrogens with one attached hydrogen (secondary N) is 2. The Morgan fingerprint density at radius 2 is 2.32 bits per heavy atom. The van der Waals surface area contributed by atoms with Gasteiger partial charge >= 0.3 is 0 Å². The van der Waals surface area contributed by atoms with Gasteiger partial charge in [-0.15, -0.1) is 0 Å². The number of anilines is 1. The number of furan rings is 1. The van der Waals surface area contributed by atoms with Gasteiger partial charge in [-0.25, -0.2) is 0 Å². The van der Waals surface area contributed by atoms with E-state index >= 15 is 0 Å². The molecule has 0 aliphatic carbocycles. The Labute approximate surface area is 110 Å². The lowest BCUT2D eigenvalue weighted by atomic mass is 10.1. The van der Waals surface area contributed by atoms with Crippen molar-refractivity contribution in [3.05, 3.63) is 36.5 Å². The third kappa shape index (κ3) is 2.68. The molecular weight excluding hydrogens is 244 g/mol. The van der Waals surface area contributed by atoms with Crippen molar-refractivity contribution in [3.63, 3.8) is 0 Å². The molecule has 1 aliphatic heterocycles. The molecule has 0 saturated carbocycles. The van der Waals surface area contributed by atoms with Crippen LogP contribution in [-0.4, -0.2) is 28.8 Å². The first-order valence-electron chi connectivity index (χ1n) is 6.42. The van der Waals surface area contributed by atoms with E-state index in [9.17, 15) is 4.79 Å². The average molecular weight is 260 g/mol. The van der Waals surface area contributed by atoms with Crippen LogP contribution in [0, 0.1) is 0 Å². The smallest absolute Gasteiger partial charge is 0.291 e. The lowest BCUT2D eigenvalue weighted by Crippen LogP contribution is -2.29. The number of amides is 1. The molecule has 0 aromatic carbocycles. The molecule has 1 saturated heterocycles. The molecule has 19 heavy (non-hydrogen) atoms. The molecule has 3 rings (SSSR count). The molecule has 1 aliphatic rings. The summed E-state index contributed by atoms with van der Waals surface area (Å²) in [5, 5.41) is 10.4. The van der Waals surface area contributed by atoms with E-state index in [0.29, 0.717) is 17.5 Å². The number of carbonyl (C=O) groups is 1. The van der Waals surface area contributed by atoms with E-state index < -0.39 is 0 Å². The Bertz CT molecular complexity index is 541. The van der Waals surface area contributed by atoms with E-state index in [0.717, 1.165) is 25.9 Å². The Balaban J connectivity index is 1.66. The van der Waals surface area contributed by atoms with Gasteiger partial charge in [0.2, 0.25) is 0 Å². The minimum Gasteiger partial charge on any atom is -0.459 e. The van der Waals surface area contributed by atoms with Crippen LogP contribution in [0.5, 0.6) is 0 Å². The number of aromatic nitrogens is 2. The monoisotopic (exact) mass is 260 g/mol. The fourth-order valence-electron chi connectivity index (χ4n) is 2.27. The van der Waals surface area contributed by atoms with Crippen molar-refractivity contribution in [1.29, 1.82) is 0 Å². The molecule has 6 nitrogen and oxygen atoms in total. The van der Waals surface area contributed by atoms with Gasteiger partial charge in [-0.1, -0.05) is 0 Å². The van der Waals surface area contributed by atoms with Crippen LogP contribution >= 0.6 is 0 Å². The van der Waals surface area contributed by atoms with Gasteiger partial charge in [0.1, 0.15) is 0 Å². The number of rotatable bonds is 3. The predicted molar refractivity (Wildman–Crippen MR) is 70.0 cm³/mol. The molecule has 0 radical (unpaired) electrons. The largest absolute Gasteiger partial charge is 0.459 e. The summed E-state index contributed by atoms with van der Waals surface area (Å²) < 4.78 is 6.97. The second kappa shape index (κ2) is 5.27. The van der Waals surface area contributed by atoms with Crippen molar-refractivity contribution in [3.8, 4) is 0 Å². The van der Waals surface area contributed by atoms with Gasteiger partial charge in [0, 0.05) is 6.20 Å². The molecule has 1 amide bonds. The molecule has 2 N–H and O–H groups in total. The summed E-state index contributed by atoms with van der Waals surface area (Å²) in [5.74, 6) is 0.0458. The summed E-state index contributed by atoms with van der Waals surface area (Å²) in [6.07, 6.45) is 7.15. The van der Waals surface area contributed by atoms with Gasteiger partial charge in [0.05, 0.1) is 24.2 Å². The minimum atomic E-state index is -0.255. The maximum Gasteiger partial charge on any atom is 0.291 e. The maximum atomic E-state index is 11.8. The van der Waals surface area contributed by atoms with E-state index in [1.165, 1.54) is 6.26 Å². The topological polar surface area (TPSA) is 72.1 Å². The normalized spacial score (nSPS) is 16.4. The number of nitrogens with zero attached hydrogens (tertiary/aromatic N) is 2. The molecule has 0 bridgehead atoms. The highest BCUT2D eigenvalue weighted by molar-refractivity contribution is 6.02. The Morgan fingerprint density at radius 1 is 1.47 bits per heavy atom. The zero-order chi connectivity index (χ0) is 13.1. The Morgan fingerprint density at radius 3 is 3.05 bits per heavy atom. The molecule has 0 spiro atoms. The summed E-state index contributed by atoms with van der Waals surface area (Å²) in [6, 6.07) is 3.73. The van der Waals surface area contributed by atoms with Gasteiger partial charge < -0.3 is 15.1 Å². The SMILES string of the molecule is O=C(Nc1cnn(C2CCNCC2)c1)c1ccco1. The van der Waals surface area contributed by atoms with Crippen LogP contribution in [0.25, 0.3) is 0 Å². The molecule has 0 unspecified atom stereocenters. The lowest BCUT2D eigenvalue weighted by Gasteiger charge is -2.22. The summed E-state index contributed by atoms with van der Waals surface area (Å²) >= 11 is 0. The Kier molecular flexibility index (Phi) is 3.33. The predicted octanol–water partition coefficient (Wildman–Crippen LogP) is 1.65. The molecule has 0 atom stereocenters. The first-order valence-corrected chi connectivity index (χ1v) is 6.42. The van der Waals surface area contributed by atoms with Crippen LogP contribution in [0.4, 0.5) is 5.69 Å². The fourth-order valence-corrected chi connectivity index (χ4v) is 2.27. The number of carbonyl (C=O) groups excluding carboxylic acids is 1. The van der Waals surface area contributed by atoms with Crippen molar-refractivity contribution in [2.24, 2.45) is 0 Å². The van der Waals surface area contributed by atoms with E-state index in [2.05, 4.69) is 15.7 Å². The second-order valence-corrected chi connectivity index (χ2v) is 4.62. The second-order valence-electron chi connectivity index (χ2n) is 4.62. The maximum absolute atomic E-state index is 11.8. The zero-order valence-corrected chi connectivity index (χ0v) is 10.5. The number of hydrogen-bond acceptors (Lipinski definition) is 4. The Hall–Kier alpha value is -2.08. The van der Waals surface area contributed by atoms with Crippen molar-refractivity contribution in [2.45, 2.75) is 18.9 Å². The van der Waals surface area contributed by atoms with Gasteiger partial charge in [-0.05, 0) is 38.1 Å². The molecule has 6 heteroatoms. The van der Waals surface area contributed by atoms with Gasteiger partial charge in [-0.2, -0.15) is 5.10 Å². The summed E-state index contributed by atoms with van der Waals surface area (Å²) in [6.45, 7) is 2.03.